The topological polar surface area (TPSA) is 88.5 Å². The zero-order valence-electron chi connectivity index (χ0n) is 23.1. The Kier molecular flexibility index (Phi) is 8.52. The first kappa shape index (κ1) is 27.4. The van der Waals surface area contributed by atoms with Crippen molar-refractivity contribution >= 4 is 23.4 Å². The molecule has 3 amide bonds. The van der Waals surface area contributed by atoms with Crippen LogP contribution in [0.4, 0.5) is 16.3 Å². The average molecular weight is 518 g/mol. The van der Waals surface area contributed by atoms with E-state index in [4.69, 9.17) is 9.84 Å². The Labute approximate surface area is 225 Å². The van der Waals surface area contributed by atoms with E-state index < -0.39 is 0 Å². The Bertz CT molecular complexity index is 1250. The Morgan fingerprint density at radius 1 is 1.03 bits per heavy atom. The molecular weight excluding hydrogens is 478 g/mol. The second-order valence-corrected chi connectivity index (χ2v) is 11.1. The summed E-state index contributed by atoms with van der Waals surface area (Å²) in [5.41, 5.74) is 4.65. The zero-order chi connectivity index (χ0) is 27.3. The molecule has 2 heterocycles. The molecule has 0 radical (unpaired) electrons. The van der Waals surface area contributed by atoms with Gasteiger partial charge in [-0.25, -0.2) is 9.48 Å². The van der Waals surface area contributed by atoms with Gasteiger partial charge in [0.05, 0.1) is 11.4 Å². The van der Waals surface area contributed by atoms with Crippen molar-refractivity contribution in [1.82, 2.24) is 14.7 Å². The van der Waals surface area contributed by atoms with Crippen LogP contribution in [0.5, 0.6) is 0 Å². The normalized spacial score (nSPS) is 14.4. The number of anilines is 2. The predicted molar refractivity (Wildman–Crippen MR) is 151 cm³/mol. The number of amides is 3. The highest BCUT2D eigenvalue weighted by molar-refractivity contribution is 6.00. The van der Waals surface area contributed by atoms with Gasteiger partial charge >= 0.3 is 6.03 Å². The number of methoxy groups -OCH3 is 1. The number of carbonyl (C=O) groups excluding carboxylic acids is 2. The Balaban J connectivity index is 1.45. The van der Waals surface area contributed by atoms with Gasteiger partial charge < -0.3 is 15.0 Å². The number of benzene rings is 2. The van der Waals surface area contributed by atoms with Gasteiger partial charge in [0.15, 0.2) is 0 Å². The van der Waals surface area contributed by atoms with E-state index in [-0.39, 0.29) is 24.0 Å². The lowest BCUT2D eigenvalue weighted by Crippen LogP contribution is -2.40. The van der Waals surface area contributed by atoms with Crippen LogP contribution in [0.2, 0.25) is 0 Å². The molecule has 0 atom stereocenters. The molecule has 1 aromatic heterocycles. The van der Waals surface area contributed by atoms with E-state index in [1.807, 2.05) is 60.4 Å². The molecule has 0 saturated carbocycles. The quantitative estimate of drug-likeness (QED) is 0.430. The average Bonchev–Trinajstić information content (AvgIpc) is 3.30. The minimum atomic E-state index is -0.314. The number of piperidine rings is 1. The number of hydrogen-bond acceptors (Lipinski definition) is 4. The van der Waals surface area contributed by atoms with Crippen molar-refractivity contribution in [2.45, 2.75) is 52.4 Å². The van der Waals surface area contributed by atoms with Gasteiger partial charge in [0.25, 0.3) is 0 Å². The molecule has 8 nitrogen and oxygen atoms in total. The monoisotopic (exact) mass is 517 g/mol. The minimum Gasteiger partial charge on any atom is -0.375 e. The molecule has 4 rings (SSSR count). The van der Waals surface area contributed by atoms with Crippen LogP contribution in [0.3, 0.4) is 0 Å². The van der Waals surface area contributed by atoms with Crippen LogP contribution < -0.4 is 10.6 Å². The Hall–Kier alpha value is -3.65. The molecule has 0 spiro atoms. The van der Waals surface area contributed by atoms with Crippen molar-refractivity contribution < 1.29 is 14.3 Å². The van der Waals surface area contributed by atoms with Crippen molar-refractivity contribution in [3.8, 4) is 5.69 Å². The summed E-state index contributed by atoms with van der Waals surface area (Å²) in [6.45, 7) is 9.96. The van der Waals surface area contributed by atoms with Crippen molar-refractivity contribution in [3.05, 3.63) is 71.4 Å². The number of nitrogens with one attached hydrogen (secondary N) is 2. The summed E-state index contributed by atoms with van der Waals surface area (Å²) in [7, 11) is 1.55. The van der Waals surface area contributed by atoms with Crippen LogP contribution in [0.25, 0.3) is 5.69 Å². The van der Waals surface area contributed by atoms with E-state index in [0.717, 1.165) is 60.5 Å². The van der Waals surface area contributed by atoms with Gasteiger partial charge in [-0.3, -0.25) is 10.1 Å². The predicted octanol–water partition coefficient (Wildman–Crippen LogP) is 5.55. The summed E-state index contributed by atoms with van der Waals surface area (Å²) in [6, 6.07) is 17.6. The van der Waals surface area contributed by atoms with E-state index in [1.165, 1.54) is 0 Å². The first-order chi connectivity index (χ1) is 18.1. The van der Waals surface area contributed by atoms with Crippen molar-refractivity contribution in [2.24, 2.45) is 5.92 Å². The summed E-state index contributed by atoms with van der Waals surface area (Å²) in [5.74, 6) is 1.11. The summed E-state index contributed by atoms with van der Waals surface area (Å²) in [4.78, 5) is 27.2. The van der Waals surface area contributed by atoms with Gasteiger partial charge in [-0.1, -0.05) is 56.7 Å². The molecule has 0 bridgehead atoms. The first-order valence-corrected chi connectivity index (χ1v) is 13.2. The number of rotatable bonds is 7. The summed E-state index contributed by atoms with van der Waals surface area (Å²) >= 11 is 0. The van der Waals surface area contributed by atoms with E-state index in [1.54, 1.807) is 11.8 Å². The molecule has 1 aliphatic rings. The molecule has 0 aliphatic carbocycles. The highest BCUT2D eigenvalue weighted by Gasteiger charge is 2.24. The maximum absolute atomic E-state index is 13.2. The van der Waals surface area contributed by atoms with E-state index >= 15 is 0 Å². The number of carbonyl (C=O) groups is 2. The lowest BCUT2D eigenvalue weighted by atomic mass is 9.89. The molecule has 2 N–H and O–H groups in total. The van der Waals surface area contributed by atoms with Crippen molar-refractivity contribution in [1.29, 1.82) is 0 Å². The molecule has 1 fully saturated rings. The number of aromatic nitrogens is 2. The van der Waals surface area contributed by atoms with Gasteiger partial charge in [0.2, 0.25) is 5.91 Å². The molecule has 0 unspecified atom stereocenters. The molecule has 38 heavy (non-hydrogen) atoms. The number of para-hydroxylation sites is 1. The largest absolute Gasteiger partial charge is 0.375 e. The highest BCUT2D eigenvalue weighted by atomic mass is 16.5. The SMILES string of the molecule is COCC(=O)N1CCC(Cc2ccccc2NC(=O)Nc2cc(C(C)(C)C)nn2-c2ccc(C)cc2)CC1. The second-order valence-electron chi connectivity index (χ2n) is 11.1. The third-order valence-corrected chi connectivity index (χ3v) is 7.01. The third kappa shape index (κ3) is 6.81. The molecule has 1 aliphatic heterocycles. The van der Waals surface area contributed by atoms with Crippen molar-refractivity contribution in [2.75, 3.05) is 37.4 Å². The van der Waals surface area contributed by atoms with Gasteiger partial charge in [-0.15, -0.1) is 0 Å². The fraction of sp³-hybridized carbons (Fsp3) is 0.433. The number of aryl methyl sites for hydroxylation is 1. The summed E-state index contributed by atoms with van der Waals surface area (Å²) in [5, 5.41) is 10.9. The zero-order valence-corrected chi connectivity index (χ0v) is 23.1. The van der Waals surface area contributed by atoms with Crippen LogP contribution in [0, 0.1) is 12.8 Å². The molecule has 202 valence electrons. The Morgan fingerprint density at radius 2 is 1.71 bits per heavy atom. The van der Waals surface area contributed by atoms with Crippen LogP contribution in [-0.4, -0.2) is 53.4 Å². The highest BCUT2D eigenvalue weighted by Crippen LogP contribution is 2.28. The third-order valence-electron chi connectivity index (χ3n) is 7.01. The number of likely N-dealkylation sites (tertiary alicyclic amines) is 1. The first-order valence-electron chi connectivity index (χ1n) is 13.2. The van der Waals surface area contributed by atoms with E-state index in [0.29, 0.717) is 11.7 Å². The van der Waals surface area contributed by atoms with Gasteiger partial charge in [0, 0.05) is 37.4 Å². The van der Waals surface area contributed by atoms with Crippen LogP contribution in [0.1, 0.15) is 50.4 Å². The lowest BCUT2D eigenvalue weighted by molar-refractivity contribution is -0.136. The van der Waals surface area contributed by atoms with E-state index in [9.17, 15) is 9.59 Å². The fourth-order valence-corrected chi connectivity index (χ4v) is 4.72. The number of nitrogens with zero attached hydrogens (tertiary/aromatic N) is 3. The number of urea groups is 1. The fourth-order valence-electron chi connectivity index (χ4n) is 4.72. The van der Waals surface area contributed by atoms with Gasteiger partial charge in [-0.05, 0) is 55.9 Å². The molecular formula is C30H39N5O3. The second kappa shape index (κ2) is 11.8. The summed E-state index contributed by atoms with van der Waals surface area (Å²) < 4.78 is 6.77. The van der Waals surface area contributed by atoms with Crippen LogP contribution >= 0.6 is 0 Å². The maximum Gasteiger partial charge on any atom is 0.324 e. The lowest BCUT2D eigenvalue weighted by Gasteiger charge is -2.32. The smallest absolute Gasteiger partial charge is 0.324 e. The minimum absolute atomic E-state index is 0.0455. The van der Waals surface area contributed by atoms with Crippen LogP contribution in [0.15, 0.2) is 54.6 Å². The van der Waals surface area contributed by atoms with E-state index in [2.05, 4.69) is 37.5 Å². The molecule has 1 saturated heterocycles. The molecule has 8 heteroatoms. The summed E-state index contributed by atoms with van der Waals surface area (Å²) in [6.07, 6.45) is 2.71. The number of hydrogen-bond donors (Lipinski definition) is 2. The van der Waals surface area contributed by atoms with Crippen molar-refractivity contribution in [3.63, 3.8) is 0 Å². The maximum atomic E-state index is 13.2. The van der Waals surface area contributed by atoms with Crippen LogP contribution in [-0.2, 0) is 21.4 Å². The molecule has 3 aromatic rings. The molecule has 2 aromatic carbocycles. The van der Waals surface area contributed by atoms with Gasteiger partial charge in [-0.2, -0.15) is 5.10 Å². The number of ether oxygens (including phenoxy) is 1. The Morgan fingerprint density at radius 3 is 2.37 bits per heavy atom. The standard InChI is InChI=1S/C30H39N5O3/c1-21-10-12-24(13-11-21)35-27(19-26(33-35)30(2,3)4)32-29(37)31-25-9-7-6-8-23(25)18-22-14-16-34(17-15-22)28(36)20-38-5/h6-13,19,22H,14-18,20H2,1-5H3,(H2,31,32,37). The van der Waals surface area contributed by atoms with Gasteiger partial charge in [0.1, 0.15) is 12.4 Å².